The van der Waals surface area contributed by atoms with Crippen LogP contribution in [0.5, 0.6) is 0 Å². The third-order valence-corrected chi connectivity index (χ3v) is 7.77. The van der Waals surface area contributed by atoms with Gasteiger partial charge in [0.05, 0.1) is 0 Å². The molecule has 2 N–H and O–H groups in total. The number of hydrogen-bond donors (Lipinski definition) is 2. The van der Waals surface area contributed by atoms with Gasteiger partial charge in [-0.25, -0.2) is 4.79 Å². The second-order valence-corrected chi connectivity index (χ2v) is 10.6. The van der Waals surface area contributed by atoms with Gasteiger partial charge in [-0.1, -0.05) is 37.3 Å². The molecule has 1 saturated heterocycles. The van der Waals surface area contributed by atoms with E-state index in [1.807, 2.05) is 31.2 Å². The number of ether oxygens (including phenoxy) is 1. The van der Waals surface area contributed by atoms with Crippen molar-refractivity contribution in [2.75, 3.05) is 38.7 Å². The van der Waals surface area contributed by atoms with E-state index in [9.17, 15) is 9.59 Å². The summed E-state index contributed by atoms with van der Waals surface area (Å²) in [5, 5.41) is 6.98. The third kappa shape index (κ3) is 7.41. The number of carbonyl (C=O) groups is 2. The van der Waals surface area contributed by atoms with Gasteiger partial charge in [-0.3, -0.25) is 4.79 Å². The van der Waals surface area contributed by atoms with Gasteiger partial charge in [0.15, 0.2) is 0 Å². The fraction of sp³-hybridized carbons (Fsp3) is 0.500. The number of benzene rings is 2. The maximum atomic E-state index is 13.2. The van der Waals surface area contributed by atoms with Gasteiger partial charge in [0, 0.05) is 74.5 Å². The predicted molar refractivity (Wildman–Crippen MR) is 158 cm³/mol. The van der Waals surface area contributed by atoms with Gasteiger partial charge in [0.2, 0.25) is 5.91 Å². The first-order chi connectivity index (χ1) is 19.0. The molecule has 1 aliphatic rings. The smallest absolute Gasteiger partial charge is 0.319 e. The van der Waals surface area contributed by atoms with Gasteiger partial charge in [0.1, 0.15) is 0 Å². The van der Waals surface area contributed by atoms with Crippen molar-refractivity contribution in [1.29, 1.82) is 0 Å². The van der Waals surface area contributed by atoms with Crippen LogP contribution in [0.2, 0.25) is 0 Å². The summed E-state index contributed by atoms with van der Waals surface area (Å²) in [6.07, 6.45) is 6.25. The average molecular weight is 533 g/mol. The first kappa shape index (κ1) is 28.7. The van der Waals surface area contributed by atoms with Crippen molar-refractivity contribution < 1.29 is 14.3 Å². The molecule has 1 unspecified atom stereocenters. The van der Waals surface area contributed by atoms with Crippen LogP contribution in [0.25, 0.3) is 10.9 Å². The molecule has 0 spiro atoms. The molecule has 0 saturated carbocycles. The maximum Gasteiger partial charge on any atom is 0.319 e. The van der Waals surface area contributed by atoms with Crippen molar-refractivity contribution in [3.8, 4) is 0 Å². The zero-order chi connectivity index (χ0) is 27.6. The normalized spacial score (nSPS) is 15.5. The molecule has 4 rings (SSSR count). The molecule has 0 radical (unpaired) electrons. The Bertz CT molecular complexity index is 1230. The van der Waals surface area contributed by atoms with Gasteiger partial charge in [-0.05, 0) is 74.8 Å². The summed E-state index contributed by atoms with van der Waals surface area (Å²) >= 11 is 0. The van der Waals surface area contributed by atoms with Crippen LogP contribution in [0, 0.1) is 6.92 Å². The number of urea groups is 1. The molecule has 1 fully saturated rings. The van der Waals surface area contributed by atoms with E-state index in [0.717, 1.165) is 70.5 Å². The molecule has 210 valence electrons. The summed E-state index contributed by atoms with van der Waals surface area (Å²) in [7, 11) is 1.76. The summed E-state index contributed by atoms with van der Waals surface area (Å²) in [6.45, 7) is 8.24. The van der Waals surface area contributed by atoms with E-state index in [1.54, 1.807) is 7.11 Å². The number of carbonyl (C=O) groups excluding carboxylic acids is 2. The minimum Gasteiger partial charge on any atom is -0.385 e. The molecule has 0 aliphatic carbocycles. The number of piperidine rings is 1. The fourth-order valence-electron chi connectivity index (χ4n) is 5.83. The quantitative estimate of drug-likeness (QED) is 0.271. The summed E-state index contributed by atoms with van der Waals surface area (Å²) in [5.74, 6) is 0.609. The minimum absolute atomic E-state index is 0.180. The highest BCUT2D eigenvalue weighted by Gasteiger charge is 2.29. The topological polar surface area (TPSA) is 75.6 Å². The molecular weight excluding hydrogens is 488 g/mol. The van der Waals surface area contributed by atoms with Crippen LogP contribution in [0.15, 0.2) is 48.5 Å². The van der Waals surface area contributed by atoms with Gasteiger partial charge in [-0.15, -0.1) is 0 Å². The van der Waals surface area contributed by atoms with E-state index in [4.69, 9.17) is 4.74 Å². The lowest BCUT2D eigenvalue weighted by Gasteiger charge is -2.34. The van der Waals surface area contributed by atoms with Gasteiger partial charge < -0.3 is 24.8 Å². The largest absolute Gasteiger partial charge is 0.385 e. The number of para-hydroxylation sites is 1. The van der Waals surface area contributed by atoms with Crippen molar-refractivity contribution in [3.05, 3.63) is 65.4 Å². The number of fused-ring (bicyclic) bond motifs is 1. The number of nitrogens with zero attached hydrogens (tertiary/aromatic N) is 2. The molecule has 0 bridgehead atoms. The van der Waals surface area contributed by atoms with Crippen LogP contribution in [0.1, 0.15) is 68.2 Å². The van der Waals surface area contributed by atoms with E-state index in [2.05, 4.69) is 51.3 Å². The van der Waals surface area contributed by atoms with E-state index < -0.39 is 0 Å². The number of nitrogens with one attached hydrogen (secondary N) is 2. The fourth-order valence-corrected chi connectivity index (χ4v) is 5.83. The molecule has 1 atom stereocenters. The summed E-state index contributed by atoms with van der Waals surface area (Å²) in [6, 6.07) is 16.4. The number of anilines is 1. The Labute approximate surface area is 232 Å². The number of aryl methyl sites for hydroxylation is 3. The summed E-state index contributed by atoms with van der Waals surface area (Å²) in [5.41, 5.74) is 5.98. The lowest BCUT2D eigenvalue weighted by Crippen LogP contribution is -2.39. The van der Waals surface area contributed by atoms with E-state index >= 15 is 0 Å². The van der Waals surface area contributed by atoms with Crippen molar-refractivity contribution in [2.45, 2.75) is 71.3 Å². The summed E-state index contributed by atoms with van der Waals surface area (Å²) < 4.78 is 7.81. The number of methoxy groups -OCH3 is 1. The number of rotatable bonds is 12. The highest BCUT2D eigenvalue weighted by Crippen LogP contribution is 2.36. The van der Waals surface area contributed by atoms with Crippen molar-refractivity contribution >= 4 is 28.5 Å². The van der Waals surface area contributed by atoms with E-state index in [1.165, 1.54) is 27.7 Å². The highest BCUT2D eigenvalue weighted by atomic mass is 16.5. The Hall–Kier alpha value is -3.32. The lowest BCUT2D eigenvalue weighted by molar-refractivity contribution is -0.132. The molecule has 7 nitrogen and oxygen atoms in total. The Balaban J connectivity index is 1.33. The monoisotopic (exact) mass is 532 g/mol. The number of likely N-dealkylation sites (tertiary alicyclic amines) is 1. The third-order valence-electron chi connectivity index (χ3n) is 7.77. The predicted octanol–water partition coefficient (Wildman–Crippen LogP) is 6.25. The summed E-state index contributed by atoms with van der Waals surface area (Å²) in [4.78, 5) is 27.2. The molecule has 3 amide bonds. The van der Waals surface area contributed by atoms with Crippen LogP contribution in [0.4, 0.5) is 10.5 Å². The number of amides is 3. The molecular formula is C32H44N4O3. The zero-order valence-corrected chi connectivity index (χ0v) is 23.8. The molecule has 1 aliphatic heterocycles. The Morgan fingerprint density at radius 3 is 2.64 bits per heavy atom. The maximum absolute atomic E-state index is 13.2. The lowest BCUT2D eigenvalue weighted by atomic mass is 9.91. The zero-order valence-electron chi connectivity index (χ0n) is 23.8. The number of hydrogen-bond acceptors (Lipinski definition) is 3. The van der Waals surface area contributed by atoms with E-state index in [-0.39, 0.29) is 11.9 Å². The van der Waals surface area contributed by atoms with Crippen molar-refractivity contribution in [1.82, 2.24) is 14.8 Å². The highest BCUT2D eigenvalue weighted by molar-refractivity contribution is 5.89. The first-order valence-electron chi connectivity index (χ1n) is 14.5. The molecule has 7 heteroatoms. The van der Waals surface area contributed by atoms with Gasteiger partial charge >= 0.3 is 6.03 Å². The molecule has 1 aromatic heterocycles. The Kier molecular flexibility index (Phi) is 10.4. The van der Waals surface area contributed by atoms with Crippen molar-refractivity contribution in [3.63, 3.8) is 0 Å². The second kappa shape index (κ2) is 14.2. The minimum atomic E-state index is -0.180. The van der Waals surface area contributed by atoms with Crippen molar-refractivity contribution in [2.24, 2.45) is 0 Å². The molecule has 2 heterocycles. The first-order valence-corrected chi connectivity index (χ1v) is 14.5. The Morgan fingerprint density at radius 1 is 1.08 bits per heavy atom. The van der Waals surface area contributed by atoms with Gasteiger partial charge in [0.25, 0.3) is 0 Å². The van der Waals surface area contributed by atoms with Crippen LogP contribution < -0.4 is 10.6 Å². The average Bonchev–Trinajstić information content (AvgIpc) is 3.24. The molecule has 3 aromatic rings. The van der Waals surface area contributed by atoms with Crippen LogP contribution in [-0.4, -0.2) is 54.8 Å². The van der Waals surface area contributed by atoms with E-state index in [0.29, 0.717) is 18.9 Å². The SMILES string of the molecule is CCCNC(=O)Nc1ccc(CCCC(=O)N2CCCC(c3c(C)c4ccccc4n3CCCOC)C2)cc1. The Morgan fingerprint density at radius 2 is 1.87 bits per heavy atom. The van der Waals surface area contributed by atoms with Crippen LogP contribution in [-0.2, 0) is 22.5 Å². The number of aromatic nitrogens is 1. The standard InChI is InChI=1S/C32H44N4O3/c1-4-19-33-32(38)34-27-17-15-25(16-18-27)10-7-14-30(37)35-20-8-11-26(23-35)31-24(2)28-12-5-6-13-29(28)36(31)21-9-22-39-3/h5-6,12-13,15-18,26H,4,7-11,14,19-23H2,1-3H3,(H2,33,34,38). The second-order valence-electron chi connectivity index (χ2n) is 10.6. The van der Waals surface area contributed by atoms with Gasteiger partial charge in [-0.2, -0.15) is 0 Å². The van der Waals surface area contributed by atoms with Crippen LogP contribution in [0.3, 0.4) is 0 Å². The van der Waals surface area contributed by atoms with Crippen LogP contribution >= 0.6 is 0 Å². The molecule has 39 heavy (non-hydrogen) atoms. The molecule has 2 aromatic carbocycles.